The van der Waals surface area contributed by atoms with Crippen LogP contribution in [0, 0.1) is 6.92 Å². The normalized spacial score (nSPS) is 14.0. The van der Waals surface area contributed by atoms with Gasteiger partial charge in [-0.25, -0.2) is 4.79 Å². The molecule has 0 saturated carbocycles. The molecule has 6 heteroatoms. The van der Waals surface area contributed by atoms with Crippen molar-refractivity contribution in [1.29, 1.82) is 0 Å². The van der Waals surface area contributed by atoms with Crippen LogP contribution in [-0.4, -0.2) is 25.6 Å². The predicted molar refractivity (Wildman–Crippen MR) is 114 cm³/mol. The predicted octanol–water partition coefficient (Wildman–Crippen LogP) is 4.11. The second-order valence-corrected chi connectivity index (χ2v) is 7.34. The van der Waals surface area contributed by atoms with E-state index in [0.717, 1.165) is 29.7 Å². The maximum atomic E-state index is 12.2. The first-order valence-corrected chi connectivity index (χ1v) is 9.91. The standard InChI is InChI=1S/C23H24N2O4/c1-16-13-23(27)29-21-14-19(9-10-20(16)21)28-15-22(26)24-17-5-7-18(8-6-17)25-11-3-2-4-12-25/h5-10,13-14H,2-4,11-12,15H2,1H3,(H,24,26). The van der Waals surface area contributed by atoms with Gasteiger partial charge >= 0.3 is 5.63 Å². The molecule has 29 heavy (non-hydrogen) atoms. The van der Waals surface area contributed by atoms with Crippen molar-refractivity contribution in [1.82, 2.24) is 0 Å². The molecular formula is C23H24N2O4. The molecule has 0 unspecified atom stereocenters. The van der Waals surface area contributed by atoms with Crippen LogP contribution in [0.2, 0.25) is 0 Å². The van der Waals surface area contributed by atoms with Crippen molar-refractivity contribution in [3.05, 3.63) is 64.5 Å². The Hall–Kier alpha value is -3.28. The van der Waals surface area contributed by atoms with Crippen LogP contribution in [0.3, 0.4) is 0 Å². The van der Waals surface area contributed by atoms with E-state index in [1.807, 2.05) is 37.3 Å². The first kappa shape index (κ1) is 19.1. The molecular weight excluding hydrogens is 368 g/mol. The molecule has 2 heterocycles. The van der Waals surface area contributed by atoms with Gasteiger partial charge in [0.2, 0.25) is 0 Å². The third-order valence-corrected chi connectivity index (χ3v) is 5.17. The zero-order valence-corrected chi connectivity index (χ0v) is 16.4. The summed E-state index contributed by atoms with van der Waals surface area (Å²) in [4.78, 5) is 26.1. The molecule has 1 N–H and O–H groups in total. The molecule has 1 aliphatic rings. The number of anilines is 2. The molecule has 0 atom stereocenters. The third-order valence-electron chi connectivity index (χ3n) is 5.17. The molecule has 4 rings (SSSR count). The van der Waals surface area contributed by atoms with Crippen LogP contribution >= 0.6 is 0 Å². The zero-order chi connectivity index (χ0) is 20.2. The lowest BCUT2D eigenvalue weighted by molar-refractivity contribution is -0.118. The number of benzene rings is 2. The zero-order valence-electron chi connectivity index (χ0n) is 16.4. The summed E-state index contributed by atoms with van der Waals surface area (Å²) in [5, 5.41) is 3.68. The van der Waals surface area contributed by atoms with E-state index in [1.54, 1.807) is 12.1 Å². The van der Waals surface area contributed by atoms with Crippen LogP contribution in [0.25, 0.3) is 11.0 Å². The summed E-state index contributed by atoms with van der Waals surface area (Å²) in [5.74, 6) is 0.225. The van der Waals surface area contributed by atoms with Gasteiger partial charge in [0.25, 0.3) is 5.91 Å². The Morgan fingerprint density at radius 2 is 1.83 bits per heavy atom. The summed E-state index contributed by atoms with van der Waals surface area (Å²) in [6.45, 7) is 3.90. The molecule has 6 nitrogen and oxygen atoms in total. The van der Waals surface area contributed by atoms with Gasteiger partial charge in [-0.05, 0) is 68.1 Å². The molecule has 0 aliphatic carbocycles. The average Bonchev–Trinajstić information content (AvgIpc) is 2.73. The highest BCUT2D eigenvalue weighted by Gasteiger charge is 2.11. The van der Waals surface area contributed by atoms with Crippen molar-refractivity contribution in [2.45, 2.75) is 26.2 Å². The number of carbonyl (C=O) groups is 1. The quantitative estimate of drug-likeness (QED) is 0.662. The van der Waals surface area contributed by atoms with E-state index in [4.69, 9.17) is 9.15 Å². The number of aryl methyl sites for hydroxylation is 1. The van der Waals surface area contributed by atoms with Crippen molar-refractivity contribution >= 4 is 28.3 Å². The van der Waals surface area contributed by atoms with Gasteiger partial charge < -0.3 is 19.4 Å². The first-order chi connectivity index (χ1) is 14.1. The number of ether oxygens (including phenoxy) is 1. The Morgan fingerprint density at radius 1 is 1.07 bits per heavy atom. The molecule has 1 fully saturated rings. The fraction of sp³-hybridized carbons (Fsp3) is 0.304. The number of hydrogen-bond acceptors (Lipinski definition) is 5. The molecule has 150 valence electrons. The number of rotatable bonds is 5. The smallest absolute Gasteiger partial charge is 0.336 e. The van der Waals surface area contributed by atoms with Gasteiger partial charge in [0.1, 0.15) is 11.3 Å². The van der Waals surface area contributed by atoms with E-state index in [2.05, 4.69) is 10.2 Å². The SMILES string of the molecule is Cc1cc(=O)oc2cc(OCC(=O)Nc3ccc(N4CCCCC4)cc3)ccc12. The summed E-state index contributed by atoms with van der Waals surface area (Å²) < 4.78 is 10.8. The summed E-state index contributed by atoms with van der Waals surface area (Å²) >= 11 is 0. The van der Waals surface area contributed by atoms with Gasteiger partial charge in [-0.2, -0.15) is 0 Å². The van der Waals surface area contributed by atoms with Gasteiger partial charge in [-0.15, -0.1) is 0 Å². The van der Waals surface area contributed by atoms with Crippen LogP contribution in [0.5, 0.6) is 5.75 Å². The van der Waals surface area contributed by atoms with Crippen molar-refractivity contribution < 1.29 is 13.9 Å². The lowest BCUT2D eigenvalue weighted by Gasteiger charge is -2.28. The lowest BCUT2D eigenvalue weighted by atomic mass is 10.1. The maximum Gasteiger partial charge on any atom is 0.336 e. The number of hydrogen-bond donors (Lipinski definition) is 1. The number of fused-ring (bicyclic) bond motifs is 1. The highest BCUT2D eigenvalue weighted by Crippen LogP contribution is 2.23. The van der Waals surface area contributed by atoms with E-state index in [0.29, 0.717) is 11.3 Å². The minimum Gasteiger partial charge on any atom is -0.484 e. The van der Waals surface area contributed by atoms with E-state index >= 15 is 0 Å². The summed E-state index contributed by atoms with van der Waals surface area (Å²) in [7, 11) is 0. The van der Waals surface area contributed by atoms with Gasteiger partial charge in [0, 0.05) is 42.0 Å². The number of carbonyl (C=O) groups excluding carboxylic acids is 1. The third kappa shape index (κ3) is 4.59. The monoisotopic (exact) mass is 392 g/mol. The highest BCUT2D eigenvalue weighted by molar-refractivity contribution is 5.92. The first-order valence-electron chi connectivity index (χ1n) is 9.91. The Morgan fingerprint density at radius 3 is 2.59 bits per heavy atom. The van der Waals surface area contributed by atoms with E-state index in [1.165, 1.54) is 31.0 Å². The lowest BCUT2D eigenvalue weighted by Crippen LogP contribution is -2.29. The van der Waals surface area contributed by atoms with Crippen LogP contribution in [-0.2, 0) is 4.79 Å². The second kappa shape index (κ2) is 8.39. The molecule has 0 bridgehead atoms. The Kier molecular flexibility index (Phi) is 5.51. The fourth-order valence-corrected chi connectivity index (χ4v) is 3.65. The van der Waals surface area contributed by atoms with E-state index in [9.17, 15) is 9.59 Å². The molecule has 1 aliphatic heterocycles. The van der Waals surface area contributed by atoms with Crippen LogP contribution in [0.4, 0.5) is 11.4 Å². The Bertz CT molecular complexity index is 1070. The molecule has 1 amide bonds. The van der Waals surface area contributed by atoms with E-state index < -0.39 is 5.63 Å². The van der Waals surface area contributed by atoms with Crippen LogP contribution in [0.15, 0.2) is 57.7 Å². The minimum absolute atomic E-state index is 0.130. The summed E-state index contributed by atoms with van der Waals surface area (Å²) in [6, 6.07) is 14.6. The molecule has 1 saturated heterocycles. The number of nitrogens with one attached hydrogen (secondary N) is 1. The molecule has 3 aromatic rings. The minimum atomic E-state index is -0.405. The molecule has 2 aromatic carbocycles. The highest BCUT2D eigenvalue weighted by atomic mass is 16.5. The number of nitrogens with zero attached hydrogens (tertiary/aromatic N) is 1. The molecule has 0 radical (unpaired) electrons. The molecule has 0 spiro atoms. The van der Waals surface area contributed by atoms with Crippen LogP contribution < -0.4 is 20.6 Å². The Labute approximate surface area is 169 Å². The van der Waals surface area contributed by atoms with Gasteiger partial charge in [0.05, 0.1) is 0 Å². The van der Waals surface area contributed by atoms with Crippen LogP contribution in [0.1, 0.15) is 24.8 Å². The van der Waals surface area contributed by atoms with E-state index in [-0.39, 0.29) is 12.5 Å². The topological polar surface area (TPSA) is 71.8 Å². The molecule has 1 aromatic heterocycles. The number of piperidine rings is 1. The van der Waals surface area contributed by atoms with Crippen molar-refractivity contribution in [3.8, 4) is 5.75 Å². The maximum absolute atomic E-state index is 12.2. The Balaban J connectivity index is 1.35. The van der Waals surface area contributed by atoms with Gasteiger partial charge in [-0.3, -0.25) is 4.79 Å². The van der Waals surface area contributed by atoms with Gasteiger partial charge in [-0.1, -0.05) is 0 Å². The largest absolute Gasteiger partial charge is 0.484 e. The summed E-state index contributed by atoms with van der Waals surface area (Å²) in [6.07, 6.45) is 3.76. The second-order valence-electron chi connectivity index (χ2n) is 7.34. The van der Waals surface area contributed by atoms with Crippen molar-refractivity contribution in [3.63, 3.8) is 0 Å². The fourth-order valence-electron chi connectivity index (χ4n) is 3.65. The van der Waals surface area contributed by atoms with Gasteiger partial charge in [0.15, 0.2) is 6.61 Å². The van der Waals surface area contributed by atoms with Crippen molar-refractivity contribution in [2.75, 3.05) is 29.9 Å². The number of amides is 1. The average molecular weight is 392 g/mol. The summed E-state index contributed by atoms with van der Waals surface area (Å²) in [5.41, 5.74) is 2.80. The van der Waals surface area contributed by atoms with Crippen molar-refractivity contribution in [2.24, 2.45) is 0 Å².